The van der Waals surface area contributed by atoms with Gasteiger partial charge in [-0.15, -0.1) is 0 Å². The van der Waals surface area contributed by atoms with E-state index in [9.17, 15) is 4.79 Å². The molecule has 0 aliphatic rings. The molecule has 1 aromatic rings. The second kappa shape index (κ2) is 7.04. The second-order valence-corrected chi connectivity index (χ2v) is 3.72. The highest BCUT2D eigenvalue weighted by molar-refractivity contribution is 5.73. The minimum Gasteiger partial charge on any atom is -0.370 e. The van der Waals surface area contributed by atoms with E-state index in [-0.39, 0.29) is 5.91 Å². The summed E-state index contributed by atoms with van der Waals surface area (Å²) in [5.41, 5.74) is 6.06. The molecule has 84 valence electrons. The van der Waals surface area contributed by atoms with Crippen molar-refractivity contribution >= 4 is 5.91 Å². The zero-order valence-corrected chi connectivity index (χ0v) is 8.95. The molecule has 0 atom stereocenters. The summed E-state index contributed by atoms with van der Waals surface area (Å²) in [6, 6.07) is 1.90. The first kappa shape index (κ1) is 11.8. The average molecular weight is 210 g/mol. The number of primary amides is 1. The van der Waals surface area contributed by atoms with Crippen molar-refractivity contribution in [1.82, 2.24) is 5.16 Å². The van der Waals surface area contributed by atoms with E-state index in [1.54, 1.807) is 6.26 Å². The molecule has 15 heavy (non-hydrogen) atoms. The van der Waals surface area contributed by atoms with Crippen molar-refractivity contribution in [3.63, 3.8) is 0 Å². The highest BCUT2D eigenvalue weighted by atomic mass is 16.5. The Balaban J connectivity index is 1.87. The van der Waals surface area contributed by atoms with Crippen molar-refractivity contribution in [3.05, 3.63) is 18.0 Å². The maximum absolute atomic E-state index is 10.4. The van der Waals surface area contributed by atoms with Crippen molar-refractivity contribution in [2.45, 2.75) is 44.9 Å². The first-order chi connectivity index (χ1) is 7.29. The molecular weight excluding hydrogens is 192 g/mol. The van der Waals surface area contributed by atoms with E-state index < -0.39 is 0 Å². The number of hydrogen-bond acceptors (Lipinski definition) is 3. The average Bonchev–Trinajstić information content (AvgIpc) is 2.68. The summed E-state index contributed by atoms with van der Waals surface area (Å²) < 4.78 is 4.74. The Labute approximate surface area is 89.8 Å². The monoisotopic (exact) mass is 210 g/mol. The summed E-state index contributed by atoms with van der Waals surface area (Å²) >= 11 is 0. The van der Waals surface area contributed by atoms with Crippen LogP contribution < -0.4 is 5.73 Å². The van der Waals surface area contributed by atoms with E-state index in [0.717, 1.165) is 37.8 Å². The molecule has 4 heteroatoms. The van der Waals surface area contributed by atoms with Gasteiger partial charge in [-0.2, -0.15) is 0 Å². The van der Waals surface area contributed by atoms with Crippen LogP contribution in [0.25, 0.3) is 0 Å². The fraction of sp³-hybridized carbons (Fsp3) is 0.636. The third-order valence-corrected chi connectivity index (χ3v) is 2.35. The molecule has 1 aromatic heterocycles. The molecule has 4 nitrogen and oxygen atoms in total. The fourth-order valence-electron chi connectivity index (χ4n) is 1.50. The number of carbonyl (C=O) groups excluding carboxylic acids is 1. The number of aryl methyl sites for hydroxylation is 1. The summed E-state index contributed by atoms with van der Waals surface area (Å²) in [6.45, 7) is 0. The van der Waals surface area contributed by atoms with Gasteiger partial charge in [-0.25, -0.2) is 0 Å². The number of nitrogens with zero attached hydrogens (tertiary/aromatic N) is 1. The Morgan fingerprint density at radius 1 is 1.27 bits per heavy atom. The standard InChI is InChI=1S/C11H18N2O2/c12-11(14)7-5-3-1-2-4-6-10-8-9-15-13-10/h8-9H,1-7H2,(H2,12,14). The zero-order valence-electron chi connectivity index (χ0n) is 8.95. The van der Waals surface area contributed by atoms with Crippen LogP contribution in [0.2, 0.25) is 0 Å². The van der Waals surface area contributed by atoms with Gasteiger partial charge >= 0.3 is 0 Å². The van der Waals surface area contributed by atoms with Crippen LogP contribution in [-0.2, 0) is 11.2 Å². The van der Waals surface area contributed by atoms with Gasteiger partial charge in [0.1, 0.15) is 6.26 Å². The predicted molar refractivity (Wildman–Crippen MR) is 57.1 cm³/mol. The molecule has 0 aliphatic carbocycles. The van der Waals surface area contributed by atoms with E-state index >= 15 is 0 Å². The highest BCUT2D eigenvalue weighted by Gasteiger charge is 1.97. The van der Waals surface area contributed by atoms with E-state index in [4.69, 9.17) is 10.3 Å². The van der Waals surface area contributed by atoms with Crippen molar-refractivity contribution in [1.29, 1.82) is 0 Å². The lowest BCUT2D eigenvalue weighted by Crippen LogP contribution is -2.09. The van der Waals surface area contributed by atoms with E-state index in [1.165, 1.54) is 6.42 Å². The number of carbonyl (C=O) groups is 1. The molecule has 0 saturated carbocycles. The maximum Gasteiger partial charge on any atom is 0.217 e. The van der Waals surface area contributed by atoms with Crippen LogP contribution in [0.5, 0.6) is 0 Å². The Kier molecular flexibility index (Phi) is 5.51. The molecule has 0 unspecified atom stereocenters. The first-order valence-corrected chi connectivity index (χ1v) is 5.46. The van der Waals surface area contributed by atoms with Gasteiger partial charge in [-0.1, -0.05) is 24.4 Å². The Hall–Kier alpha value is -1.32. The molecule has 0 saturated heterocycles. The molecule has 0 bridgehead atoms. The molecule has 0 radical (unpaired) electrons. The number of rotatable bonds is 8. The van der Waals surface area contributed by atoms with E-state index in [2.05, 4.69) is 5.16 Å². The smallest absolute Gasteiger partial charge is 0.217 e. The van der Waals surface area contributed by atoms with Gasteiger partial charge in [-0.3, -0.25) is 4.79 Å². The van der Waals surface area contributed by atoms with Crippen LogP contribution >= 0.6 is 0 Å². The molecule has 1 heterocycles. The zero-order chi connectivity index (χ0) is 10.9. The van der Waals surface area contributed by atoms with Crippen molar-refractivity contribution in [2.24, 2.45) is 5.73 Å². The summed E-state index contributed by atoms with van der Waals surface area (Å²) in [7, 11) is 0. The van der Waals surface area contributed by atoms with Crippen molar-refractivity contribution in [3.8, 4) is 0 Å². The number of unbranched alkanes of at least 4 members (excludes halogenated alkanes) is 4. The van der Waals surface area contributed by atoms with Gasteiger partial charge in [0.2, 0.25) is 5.91 Å². The van der Waals surface area contributed by atoms with Crippen LogP contribution in [0.15, 0.2) is 16.9 Å². The van der Waals surface area contributed by atoms with E-state index in [1.807, 2.05) is 6.07 Å². The normalized spacial score (nSPS) is 10.4. The van der Waals surface area contributed by atoms with Gasteiger partial charge in [-0.05, 0) is 19.3 Å². The molecule has 1 amide bonds. The van der Waals surface area contributed by atoms with Gasteiger partial charge in [0.05, 0.1) is 5.69 Å². The van der Waals surface area contributed by atoms with Crippen LogP contribution in [0.4, 0.5) is 0 Å². The van der Waals surface area contributed by atoms with Crippen molar-refractivity contribution < 1.29 is 9.32 Å². The van der Waals surface area contributed by atoms with Gasteiger partial charge in [0.25, 0.3) is 0 Å². The van der Waals surface area contributed by atoms with Gasteiger partial charge in [0, 0.05) is 12.5 Å². The topological polar surface area (TPSA) is 69.1 Å². The highest BCUT2D eigenvalue weighted by Crippen LogP contribution is 2.08. The summed E-state index contributed by atoms with van der Waals surface area (Å²) in [4.78, 5) is 10.4. The largest absolute Gasteiger partial charge is 0.370 e. The summed E-state index contributed by atoms with van der Waals surface area (Å²) in [6.07, 6.45) is 8.55. The lowest BCUT2D eigenvalue weighted by atomic mass is 10.1. The lowest BCUT2D eigenvalue weighted by molar-refractivity contribution is -0.118. The van der Waals surface area contributed by atoms with Crippen molar-refractivity contribution in [2.75, 3.05) is 0 Å². The number of nitrogens with two attached hydrogens (primary N) is 1. The Bertz CT molecular complexity index is 270. The summed E-state index contributed by atoms with van der Waals surface area (Å²) in [5, 5.41) is 3.84. The Morgan fingerprint density at radius 3 is 2.67 bits per heavy atom. The number of hydrogen-bond donors (Lipinski definition) is 1. The fourth-order valence-corrected chi connectivity index (χ4v) is 1.50. The number of aromatic nitrogens is 1. The predicted octanol–water partition coefficient (Wildman–Crippen LogP) is 2.04. The van der Waals surface area contributed by atoms with Crippen LogP contribution in [0.3, 0.4) is 0 Å². The maximum atomic E-state index is 10.4. The van der Waals surface area contributed by atoms with Crippen LogP contribution in [-0.4, -0.2) is 11.1 Å². The molecular formula is C11H18N2O2. The molecule has 0 aromatic carbocycles. The SMILES string of the molecule is NC(=O)CCCCCCCc1ccon1. The Morgan fingerprint density at radius 2 is 2.00 bits per heavy atom. The molecule has 0 aliphatic heterocycles. The molecule has 0 fully saturated rings. The minimum atomic E-state index is -0.197. The molecule has 2 N–H and O–H groups in total. The summed E-state index contributed by atoms with van der Waals surface area (Å²) in [5.74, 6) is -0.197. The molecule has 1 rings (SSSR count). The van der Waals surface area contributed by atoms with E-state index in [0.29, 0.717) is 6.42 Å². The molecule has 0 spiro atoms. The van der Waals surface area contributed by atoms with Gasteiger partial charge in [0.15, 0.2) is 0 Å². The van der Waals surface area contributed by atoms with Crippen LogP contribution in [0, 0.1) is 0 Å². The lowest BCUT2D eigenvalue weighted by Gasteiger charge is -1.98. The number of amides is 1. The first-order valence-electron chi connectivity index (χ1n) is 5.46. The minimum absolute atomic E-state index is 0.197. The van der Waals surface area contributed by atoms with Crippen LogP contribution in [0.1, 0.15) is 44.2 Å². The third-order valence-electron chi connectivity index (χ3n) is 2.35. The third kappa shape index (κ3) is 5.88. The van der Waals surface area contributed by atoms with Gasteiger partial charge < -0.3 is 10.3 Å². The second-order valence-electron chi connectivity index (χ2n) is 3.72. The quantitative estimate of drug-likeness (QED) is 0.667.